The van der Waals surface area contributed by atoms with Crippen molar-refractivity contribution in [2.45, 2.75) is 27.2 Å². The molecule has 78 valence electrons. The van der Waals surface area contributed by atoms with E-state index in [9.17, 15) is 4.79 Å². The highest BCUT2D eigenvalue weighted by atomic mass is 16.5. The Morgan fingerprint density at radius 1 is 1.33 bits per heavy atom. The Morgan fingerprint density at radius 2 is 1.87 bits per heavy atom. The Labute approximate surface area is 89.3 Å². The molecule has 0 saturated heterocycles. The minimum absolute atomic E-state index is 0.158. The van der Waals surface area contributed by atoms with Crippen LogP contribution in [0, 0.1) is 32.3 Å². The van der Waals surface area contributed by atoms with Crippen molar-refractivity contribution >= 4 is 5.97 Å². The molecule has 0 spiro atoms. The van der Waals surface area contributed by atoms with Gasteiger partial charge in [-0.1, -0.05) is 17.7 Å². The van der Waals surface area contributed by atoms with Gasteiger partial charge in [0.15, 0.2) is 0 Å². The van der Waals surface area contributed by atoms with Gasteiger partial charge in [-0.3, -0.25) is 4.79 Å². The summed E-state index contributed by atoms with van der Waals surface area (Å²) in [6.45, 7) is 5.92. The number of hydrogen-bond acceptors (Lipinski definition) is 3. The number of benzene rings is 1. The molecule has 0 bridgehead atoms. The lowest BCUT2D eigenvalue weighted by Gasteiger charge is -2.09. The van der Waals surface area contributed by atoms with E-state index in [0.29, 0.717) is 0 Å². The van der Waals surface area contributed by atoms with E-state index in [0.717, 1.165) is 16.7 Å². The number of carbonyl (C=O) groups is 1. The van der Waals surface area contributed by atoms with Crippen LogP contribution < -0.4 is 0 Å². The summed E-state index contributed by atoms with van der Waals surface area (Å²) in [5.41, 5.74) is 4.23. The molecule has 0 saturated carbocycles. The lowest BCUT2D eigenvalue weighted by molar-refractivity contribution is -0.136. The lowest BCUT2D eigenvalue weighted by Crippen LogP contribution is -2.07. The molecule has 0 unspecified atom stereocenters. The fourth-order valence-corrected chi connectivity index (χ4v) is 1.72. The highest BCUT2D eigenvalue weighted by Gasteiger charge is 2.10. The summed E-state index contributed by atoms with van der Waals surface area (Å²) >= 11 is 0. The zero-order valence-corrected chi connectivity index (χ0v) is 9.13. The van der Waals surface area contributed by atoms with Gasteiger partial charge in [0.1, 0.15) is 0 Å². The third-order valence-electron chi connectivity index (χ3n) is 2.32. The van der Waals surface area contributed by atoms with Crippen LogP contribution in [0.4, 0.5) is 0 Å². The van der Waals surface area contributed by atoms with E-state index in [1.165, 1.54) is 11.8 Å². The van der Waals surface area contributed by atoms with Crippen LogP contribution >= 0.6 is 0 Å². The van der Waals surface area contributed by atoms with Crippen molar-refractivity contribution in [3.63, 3.8) is 0 Å². The van der Waals surface area contributed by atoms with Crippen molar-refractivity contribution in [2.24, 2.45) is 0 Å². The Hall–Kier alpha value is -1.82. The molecular formula is C12H13NO2. The molecule has 0 aliphatic heterocycles. The summed E-state index contributed by atoms with van der Waals surface area (Å²) in [4.78, 5) is 11.2. The predicted octanol–water partition coefficient (Wildman–Crippen LogP) is 2.18. The van der Waals surface area contributed by atoms with Crippen LogP contribution in [-0.2, 0) is 16.0 Å². The average Bonchev–Trinajstić information content (AvgIpc) is 2.11. The second kappa shape index (κ2) is 4.61. The molecule has 0 heterocycles. The normalized spacial score (nSPS) is 9.47. The van der Waals surface area contributed by atoms with Gasteiger partial charge in [-0.15, -0.1) is 5.26 Å². The Balaban J connectivity index is 2.96. The fraction of sp³-hybridized carbons (Fsp3) is 0.333. The largest absolute Gasteiger partial charge is 0.351 e. The average molecular weight is 203 g/mol. The van der Waals surface area contributed by atoms with Gasteiger partial charge in [0.2, 0.25) is 0 Å². The Morgan fingerprint density at radius 3 is 2.33 bits per heavy atom. The molecule has 0 amide bonds. The lowest BCUT2D eigenvalue weighted by atomic mass is 9.97. The molecule has 0 atom stereocenters. The number of nitrogens with zero attached hydrogens (tertiary/aromatic N) is 1. The first-order chi connectivity index (χ1) is 7.04. The third kappa shape index (κ3) is 2.81. The summed E-state index contributed by atoms with van der Waals surface area (Å²) < 4.78 is 4.25. The molecule has 0 radical (unpaired) electrons. The quantitative estimate of drug-likeness (QED) is 0.546. The van der Waals surface area contributed by atoms with E-state index in [-0.39, 0.29) is 6.42 Å². The van der Waals surface area contributed by atoms with Gasteiger partial charge >= 0.3 is 5.97 Å². The SMILES string of the molecule is Cc1cc(C)c(CC(=O)OC#N)c(C)c1. The van der Waals surface area contributed by atoms with Crippen LogP contribution in [0.1, 0.15) is 22.3 Å². The predicted molar refractivity (Wildman–Crippen MR) is 56.1 cm³/mol. The maximum absolute atomic E-state index is 11.2. The van der Waals surface area contributed by atoms with E-state index in [1.807, 2.05) is 32.9 Å². The third-order valence-corrected chi connectivity index (χ3v) is 2.32. The van der Waals surface area contributed by atoms with Gasteiger partial charge in [0.25, 0.3) is 6.26 Å². The highest BCUT2D eigenvalue weighted by molar-refractivity contribution is 5.74. The maximum atomic E-state index is 11.2. The number of nitriles is 1. The van der Waals surface area contributed by atoms with Crippen LogP contribution in [0.15, 0.2) is 12.1 Å². The Kier molecular flexibility index (Phi) is 3.46. The number of aryl methyl sites for hydroxylation is 3. The molecule has 0 aromatic heterocycles. The first-order valence-electron chi connectivity index (χ1n) is 4.70. The van der Waals surface area contributed by atoms with Crippen LogP contribution in [0.25, 0.3) is 0 Å². The molecule has 0 fully saturated rings. The first kappa shape index (κ1) is 11.3. The summed E-state index contributed by atoms with van der Waals surface area (Å²) in [6, 6.07) is 4.03. The van der Waals surface area contributed by atoms with Crippen molar-refractivity contribution < 1.29 is 9.53 Å². The van der Waals surface area contributed by atoms with Gasteiger partial charge in [-0.25, -0.2) is 0 Å². The minimum Gasteiger partial charge on any atom is -0.351 e. The van der Waals surface area contributed by atoms with E-state index < -0.39 is 5.97 Å². The van der Waals surface area contributed by atoms with Gasteiger partial charge in [0, 0.05) is 0 Å². The fourth-order valence-electron chi connectivity index (χ4n) is 1.72. The molecule has 1 rings (SSSR count). The number of esters is 1. The Bertz CT molecular complexity index is 407. The van der Waals surface area contributed by atoms with E-state index >= 15 is 0 Å². The molecule has 3 nitrogen and oxygen atoms in total. The van der Waals surface area contributed by atoms with Crippen LogP contribution in [0.2, 0.25) is 0 Å². The monoisotopic (exact) mass is 203 g/mol. The molecule has 0 N–H and O–H groups in total. The second-order valence-electron chi connectivity index (χ2n) is 3.62. The van der Waals surface area contributed by atoms with Crippen molar-refractivity contribution in [1.82, 2.24) is 0 Å². The summed E-state index contributed by atoms with van der Waals surface area (Å²) in [5, 5.41) is 8.20. The smallest absolute Gasteiger partial charge is 0.326 e. The molecular weight excluding hydrogens is 190 g/mol. The van der Waals surface area contributed by atoms with E-state index in [4.69, 9.17) is 5.26 Å². The van der Waals surface area contributed by atoms with Crippen molar-refractivity contribution in [1.29, 1.82) is 5.26 Å². The zero-order chi connectivity index (χ0) is 11.4. The van der Waals surface area contributed by atoms with Crippen LogP contribution in [0.3, 0.4) is 0 Å². The maximum Gasteiger partial charge on any atom is 0.326 e. The van der Waals surface area contributed by atoms with Crippen LogP contribution in [0.5, 0.6) is 0 Å². The summed E-state index contributed by atoms with van der Waals surface area (Å²) in [7, 11) is 0. The van der Waals surface area contributed by atoms with Gasteiger partial charge in [-0.2, -0.15) is 0 Å². The van der Waals surface area contributed by atoms with E-state index in [1.54, 1.807) is 0 Å². The van der Waals surface area contributed by atoms with Gasteiger partial charge < -0.3 is 4.74 Å². The molecule has 1 aromatic carbocycles. The van der Waals surface area contributed by atoms with Crippen molar-refractivity contribution in [3.8, 4) is 6.26 Å². The molecule has 3 heteroatoms. The first-order valence-corrected chi connectivity index (χ1v) is 4.70. The zero-order valence-electron chi connectivity index (χ0n) is 9.13. The molecule has 0 aliphatic carbocycles. The number of ether oxygens (including phenoxy) is 1. The molecule has 0 aliphatic rings. The summed E-state index contributed by atoms with van der Waals surface area (Å²) in [6.07, 6.45) is 1.55. The molecule has 15 heavy (non-hydrogen) atoms. The van der Waals surface area contributed by atoms with Crippen LogP contribution in [-0.4, -0.2) is 5.97 Å². The van der Waals surface area contributed by atoms with Gasteiger partial charge in [-0.05, 0) is 37.5 Å². The second-order valence-corrected chi connectivity index (χ2v) is 3.62. The topological polar surface area (TPSA) is 50.1 Å². The van der Waals surface area contributed by atoms with Gasteiger partial charge in [0.05, 0.1) is 6.42 Å². The standard InChI is InChI=1S/C12H13NO2/c1-8-4-9(2)11(10(3)5-8)6-12(14)15-7-13/h4-5H,6H2,1-3H3. The number of carbonyl (C=O) groups excluding carboxylic acids is 1. The molecule has 1 aromatic rings. The highest BCUT2D eigenvalue weighted by Crippen LogP contribution is 2.17. The van der Waals surface area contributed by atoms with E-state index in [2.05, 4.69) is 4.74 Å². The number of hydrogen-bond donors (Lipinski definition) is 0. The van der Waals surface area contributed by atoms with Crippen molar-refractivity contribution in [3.05, 3.63) is 34.4 Å². The number of rotatable bonds is 2. The minimum atomic E-state index is -0.507. The summed E-state index contributed by atoms with van der Waals surface area (Å²) in [5.74, 6) is -0.507. The van der Waals surface area contributed by atoms with Crippen molar-refractivity contribution in [2.75, 3.05) is 0 Å².